The molecule has 53 heavy (non-hydrogen) atoms. The van der Waals surface area contributed by atoms with Crippen molar-refractivity contribution in [2.45, 2.75) is 38.5 Å². The summed E-state index contributed by atoms with van der Waals surface area (Å²) in [5, 5.41) is 1.05. The maximum Gasteiger partial charge on any atom is 0.161 e. The van der Waals surface area contributed by atoms with Gasteiger partial charge < -0.3 is 4.90 Å². The fourth-order valence-corrected chi connectivity index (χ4v) is 9.27. The minimum atomic E-state index is -0.336. The molecule has 2 aliphatic carbocycles. The van der Waals surface area contributed by atoms with E-state index < -0.39 is 0 Å². The van der Waals surface area contributed by atoms with Crippen LogP contribution >= 0.6 is 0 Å². The van der Waals surface area contributed by atoms with E-state index in [1.54, 1.807) is 0 Å². The molecule has 0 unspecified atom stereocenters. The average molecular weight is 682 g/mol. The summed E-state index contributed by atoms with van der Waals surface area (Å²) in [5.41, 5.74) is 17.1. The predicted molar refractivity (Wildman–Crippen MR) is 220 cm³/mol. The van der Waals surface area contributed by atoms with E-state index in [4.69, 9.17) is 9.97 Å². The van der Waals surface area contributed by atoms with Gasteiger partial charge in [0.2, 0.25) is 0 Å². The van der Waals surface area contributed by atoms with E-state index >= 15 is 0 Å². The molecule has 0 radical (unpaired) electrons. The Kier molecular flexibility index (Phi) is 6.87. The molecular weight excluding hydrogens is 643 g/mol. The Morgan fingerprint density at radius 1 is 0.434 bits per heavy atom. The first kappa shape index (κ1) is 31.4. The summed E-state index contributed by atoms with van der Waals surface area (Å²) in [6.45, 7) is 9.60. The van der Waals surface area contributed by atoms with Crippen LogP contribution in [0.1, 0.15) is 49.9 Å². The summed E-state index contributed by atoms with van der Waals surface area (Å²) < 4.78 is 0. The van der Waals surface area contributed by atoms with Gasteiger partial charge in [0.1, 0.15) is 0 Å². The van der Waals surface area contributed by atoms with Gasteiger partial charge in [-0.25, -0.2) is 9.97 Å². The van der Waals surface area contributed by atoms with Crippen LogP contribution in [0.15, 0.2) is 164 Å². The highest BCUT2D eigenvalue weighted by Gasteiger charge is 2.49. The quantitative estimate of drug-likeness (QED) is 0.181. The van der Waals surface area contributed by atoms with E-state index in [2.05, 4.69) is 196 Å². The van der Waals surface area contributed by atoms with Gasteiger partial charge in [-0.05, 0) is 74.8 Å². The highest BCUT2D eigenvalue weighted by atomic mass is 15.2. The lowest BCUT2D eigenvalue weighted by Crippen LogP contribution is -2.26. The van der Waals surface area contributed by atoms with Gasteiger partial charge in [0.15, 0.2) is 5.82 Å². The highest BCUT2D eigenvalue weighted by Crippen LogP contribution is 2.65. The standard InChI is InChI=1S/C50H39N3/c1-49(2)38-29-17-14-26-35(38)41-43(48-51-40-31-19-16-28-37(40)46(52-48)32-20-8-5-9-21-32)42-36-27-15-18-30-39(36)50(3,4)45(42)47(44(41)49)53(33-22-10-6-11-23-33)34-24-12-7-13-25-34/h5-31H,1-4H3. The number of nitrogens with zero attached hydrogens (tertiary/aromatic N) is 3. The van der Waals surface area contributed by atoms with Gasteiger partial charge in [-0.1, -0.05) is 161 Å². The minimum Gasteiger partial charge on any atom is -0.310 e. The molecule has 0 aliphatic heterocycles. The largest absolute Gasteiger partial charge is 0.310 e. The predicted octanol–water partition coefficient (Wildman–Crippen LogP) is 13.0. The molecule has 0 N–H and O–H groups in total. The number of hydrogen-bond acceptors (Lipinski definition) is 3. The number of anilines is 3. The molecule has 0 atom stereocenters. The van der Waals surface area contributed by atoms with Crippen molar-refractivity contribution in [1.29, 1.82) is 0 Å². The van der Waals surface area contributed by atoms with Gasteiger partial charge in [-0.3, -0.25) is 0 Å². The molecule has 0 amide bonds. The van der Waals surface area contributed by atoms with E-state index in [9.17, 15) is 0 Å². The topological polar surface area (TPSA) is 29.0 Å². The molecule has 7 aromatic carbocycles. The summed E-state index contributed by atoms with van der Waals surface area (Å²) >= 11 is 0. The molecule has 3 heteroatoms. The van der Waals surface area contributed by atoms with Crippen LogP contribution in [0.25, 0.3) is 55.8 Å². The molecule has 0 saturated heterocycles. The zero-order chi connectivity index (χ0) is 35.9. The summed E-state index contributed by atoms with van der Waals surface area (Å²) in [6.07, 6.45) is 0. The van der Waals surface area contributed by atoms with Crippen molar-refractivity contribution < 1.29 is 0 Å². The number of benzene rings is 7. The fraction of sp³-hybridized carbons (Fsp3) is 0.120. The van der Waals surface area contributed by atoms with E-state index in [1.165, 1.54) is 50.2 Å². The van der Waals surface area contributed by atoms with Gasteiger partial charge in [0.05, 0.1) is 16.9 Å². The van der Waals surface area contributed by atoms with Crippen LogP contribution in [0.3, 0.4) is 0 Å². The Labute approximate surface area is 311 Å². The van der Waals surface area contributed by atoms with Crippen molar-refractivity contribution in [1.82, 2.24) is 9.97 Å². The van der Waals surface area contributed by atoms with Crippen LogP contribution < -0.4 is 4.90 Å². The van der Waals surface area contributed by atoms with Crippen molar-refractivity contribution >= 4 is 28.0 Å². The average Bonchev–Trinajstić information content (AvgIpc) is 3.59. The Balaban J connectivity index is 1.44. The third kappa shape index (κ3) is 4.53. The molecule has 0 bridgehead atoms. The molecule has 0 saturated carbocycles. The second kappa shape index (κ2) is 11.6. The van der Waals surface area contributed by atoms with Gasteiger partial charge in [-0.15, -0.1) is 0 Å². The minimum absolute atomic E-state index is 0.336. The monoisotopic (exact) mass is 681 g/mol. The number of hydrogen-bond donors (Lipinski definition) is 0. The third-order valence-electron chi connectivity index (χ3n) is 11.6. The van der Waals surface area contributed by atoms with Crippen LogP contribution in [-0.4, -0.2) is 9.97 Å². The fourth-order valence-electron chi connectivity index (χ4n) is 9.27. The van der Waals surface area contributed by atoms with E-state index in [0.29, 0.717) is 0 Å². The molecular formula is C50H39N3. The number of para-hydroxylation sites is 3. The maximum atomic E-state index is 5.60. The van der Waals surface area contributed by atoms with Gasteiger partial charge in [0, 0.05) is 38.7 Å². The lowest BCUT2D eigenvalue weighted by Gasteiger charge is -2.37. The Bertz CT molecular complexity index is 2590. The highest BCUT2D eigenvalue weighted by molar-refractivity contribution is 6.09. The smallest absolute Gasteiger partial charge is 0.161 e. The Morgan fingerprint density at radius 2 is 0.887 bits per heavy atom. The van der Waals surface area contributed by atoms with Crippen molar-refractivity contribution in [3.63, 3.8) is 0 Å². The lowest BCUT2D eigenvalue weighted by atomic mass is 9.74. The molecule has 0 spiro atoms. The number of aromatic nitrogens is 2. The molecule has 10 rings (SSSR count). The zero-order valence-electron chi connectivity index (χ0n) is 30.4. The first-order valence-electron chi connectivity index (χ1n) is 18.5. The van der Waals surface area contributed by atoms with Crippen LogP contribution in [-0.2, 0) is 10.8 Å². The molecule has 1 heterocycles. The molecule has 2 aliphatic rings. The maximum absolute atomic E-state index is 5.60. The van der Waals surface area contributed by atoms with Crippen molar-refractivity contribution in [2.75, 3.05) is 4.90 Å². The van der Waals surface area contributed by atoms with Crippen LogP contribution in [0.4, 0.5) is 17.1 Å². The second-order valence-corrected chi connectivity index (χ2v) is 15.4. The van der Waals surface area contributed by atoms with E-state index in [1.807, 2.05) is 0 Å². The molecule has 3 nitrogen and oxygen atoms in total. The second-order valence-electron chi connectivity index (χ2n) is 15.4. The SMILES string of the molecule is CC1(C)c2ccccc2-c2c(-c3nc(-c4ccccc4)c4ccccc4n3)c3c(c(N(c4ccccc4)c4ccccc4)c21)C(C)(C)c1ccccc1-3. The summed E-state index contributed by atoms with van der Waals surface area (Å²) in [6, 6.07) is 58.7. The van der Waals surface area contributed by atoms with Crippen LogP contribution in [0, 0.1) is 0 Å². The summed E-state index contributed by atoms with van der Waals surface area (Å²) in [4.78, 5) is 13.6. The molecule has 1 aromatic heterocycles. The van der Waals surface area contributed by atoms with Gasteiger partial charge in [-0.2, -0.15) is 0 Å². The molecule has 8 aromatic rings. The van der Waals surface area contributed by atoms with Gasteiger partial charge in [0.25, 0.3) is 0 Å². The van der Waals surface area contributed by atoms with Crippen molar-refractivity contribution in [3.05, 3.63) is 186 Å². The first-order valence-corrected chi connectivity index (χ1v) is 18.5. The Hall–Kier alpha value is -6.32. The normalized spacial score (nSPS) is 14.3. The van der Waals surface area contributed by atoms with Crippen molar-refractivity contribution in [3.8, 4) is 44.9 Å². The van der Waals surface area contributed by atoms with Crippen LogP contribution in [0.2, 0.25) is 0 Å². The molecule has 254 valence electrons. The van der Waals surface area contributed by atoms with Crippen molar-refractivity contribution in [2.24, 2.45) is 0 Å². The van der Waals surface area contributed by atoms with E-state index in [0.717, 1.165) is 44.9 Å². The zero-order valence-corrected chi connectivity index (χ0v) is 30.4. The van der Waals surface area contributed by atoms with E-state index in [-0.39, 0.29) is 10.8 Å². The number of rotatable bonds is 5. The third-order valence-corrected chi connectivity index (χ3v) is 11.6. The summed E-state index contributed by atoms with van der Waals surface area (Å²) in [7, 11) is 0. The first-order chi connectivity index (χ1) is 25.9. The lowest BCUT2D eigenvalue weighted by molar-refractivity contribution is 0.640. The number of fused-ring (bicyclic) bond motifs is 7. The van der Waals surface area contributed by atoms with Gasteiger partial charge >= 0.3 is 0 Å². The molecule has 0 fully saturated rings. The Morgan fingerprint density at radius 3 is 1.43 bits per heavy atom. The summed E-state index contributed by atoms with van der Waals surface area (Å²) in [5.74, 6) is 0.757. The van der Waals surface area contributed by atoms with Crippen LogP contribution in [0.5, 0.6) is 0 Å².